The highest BCUT2D eigenvalue weighted by atomic mass is 16.3. The number of benzene rings is 1. The van der Waals surface area contributed by atoms with Gasteiger partial charge < -0.3 is 19.5 Å². The molecule has 122 valence electrons. The molecule has 1 fully saturated rings. The molecule has 1 saturated heterocycles. The Labute approximate surface area is 136 Å². The number of carbonyl (C=O) groups excluding carboxylic acids is 1. The smallest absolute Gasteiger partial charge is 0.318 e. The monoisotopic (exact) mass is 313 g/mol. The number of hydrogen-bond donors (Lipinski definition) is 1. The van der Waals surface area contributed by atoms with Crippen LogP contribution in [0.4, 0.5) is 4.79 Å². The molecule has 23 heavy (non-hydrogen) atoms. The van der Waals surface area contributed by atoms with E-state index >= 15 is 0 Å². The second kappa shape index (κ2) is 7.33. The SMILES string of the molecule is CCN1CCN(C(=O)NC(c2ccccc2)c2ccco2)CC1. The highest BCUT2D eigenvalue weighted by Crippen LogP contribution is 2.22. The van der Waals surface area contributed by atoms with Crippen molar-refractivity contribution >= 4 is 6.03 Å². The summed E-state index contributed by atoms with van der Waals surface area (Å²) in [5.41, 5.74) is 1.02. The fourth-order valence-electron chi connectivity index (χ4n) is 2.90. The number of nitrogens with one attached hydrogen (secondary N) is 1. The van der Waals surface area contributed by atoms with E-state index < -0.39 is 0 Å². The van der Waals surface area contributed by atoms with Crippen molar-refractivity contribution < 1.29 is 9.21 Å². The van der Waals surface area contributed by atoms with Gasteiger partial charge in [0.2, 0.25) is 0 Å². The third-order valence-electron chi connectivity index (χ3n) is 4.34. The van der Waals surface area contributed by atoms with Crippen molar-refractivity contribution in [3.05, 3.63) is 60.1 Å². The first-order valence-corrected chi connectivity index (χ1v) is 8.14. The molecule has 1 atom stereocenters. The lowest BCUT2D eigenvalue weighted by molar-refractivity contribution is 0.141. The highest BCUT2D eigenvalue weighted by Gasteiger charge is 2.25. The molecule has 1 aromatic carbocycles. The molecule has 0 radical (unpaired) electrons. The minimum Gasteiger partial charge on any atom is -0.467 e. The van der Waals surface area contributed by atoms with Gasteiger partial charge >= 0.3 is 6.03 Å². The van der Waals surface area contributed by atoms with Crippen LogP contribution in [-0.4, -0.2) is 48.6 Å². The number of carbonyl (C=O) groups is 1. The van der Waals surface area contributed by atoms with Crippen molar-refractivity contribution in [3.8, 4) is 0 Å². The van der Waals surface area contributed by atoms with E-state index in [2.05, 4.69) is 17.1 Å². The van der Waals surface area contributed by atoms with Crippen molar-refractivity contribution in [2.45, 2.75) is 13.0 Å². The Balaban J connectivity index is 1.71. The molecule has 3 rings (SSSR count). The lowest BCUT2D eigenvalue weighted by Gasteiger charge is -2.34. The van der Waals surface area contributed by atoms with Gasteiger partial charge in [-0.1, -0.05) is 37.3 Å². The van der Waals surface area contributed by atoms with Crippen molar-refractivity contribution in [3.63, 3.8) is 0 Å². The zero-order valence-electron chi connectivity index (χ0n) is 13.4. The zero-order valence-corrected chi connectivity index (χ0v) is 13.4. The number of likely N-dealkylation sites (N-methyl/N-ethyl adjacent to an activating group) is 1. The summed E-state index contributed by atoms with van der Waals surface area (Å²) < 4.78 is 5.53. The van der Waals surface area contributed by atoms with Crippen LogP contribution in [0, 0.1) is 0 Å². The van der Waals surface area contributed by atoms with Gasteiger partial charge in [-0.15, -0.1) is 0 Å². The average Bonchev–Trinajstić information content (AvgIpc) is 3.14. The van der Waals surface area contributed by atoms with Crippen molar-refractivity contribution in [1.82, 2.24) is 15.1 Å². The minimum atomic E-state index is -0.261. The molecule has 1 unspecified atom stereocenters. The van der Waals surface area contributed by atoms with Gasteiger partial charge in [-0.2, -0.15) is 0 Å². The maximum absolute atomic E-state index is 12.6. The predicted octanol–water partition coefficient (Wildman–Crippen LogP) is 2.72. The molecule has 1 aromatic heterocycles. The molecule has 2 heterocycles. The molecular formula is C18H23N3O2. The Hall–Kier alpha value is -2.27. The molecule has 2 amide bonds. The summed E-state index contributed by atoms with van der Waals surface area (Å²) >= 11 is 0. The molecule has 2 aromatic rings. The van der Waals surface area contributed by atoms with Gasteiger partial charge in [-0.3, -0.25) is 0 Å². The zero-order chi connectivity index (χ0) is 16.1. The minimum absolute atomic E-state index is 0.0361. The van der Waals surface area contributed by atoms with E-state index in [1.54, 1.807) is 6.26 Å². The van der Waals surface area contributed by atoms with Crippen LogP contribution in [0.15, 0.2) is 53.1 Å². The first-order chi connectivity index (χ1) is 11.3. The first-order valence-electron chi connectivity index (χ1n) is 8.14. The highest BCUT2D eigenvalue weighted by molar-refractivity contribution is 5.75. The molecule has 0 saturated carbocycles. The third-order valence-corrected chi connectivity index (χ3v) is 4.34. The van der Waals surface area contributed by atoms with Crippen LogP contribution in [0.3, 0.4) is 0 Å². The van der Waals surface area contributed by atoms with E-state index in [1.807, 2.05) is 47.4 Å². The lowest BCUT2D eigenvalue weighted by atomic mass is 10.0. The Morgan fingerprint density at radius 2 is 1.87 bits per heavy atom. The van der Waals surface area contributed by atoms with Crippen LogP contribution >= 0.6 is 0 Å². The fourth-order valence-corrected chi connectivity index (χ4v) is 2.90. The van der Waals surface area contributed by atoms with Crippen molar-refractivity contribution in [1.29, 1.82) is 0 Å². The van der Waals surface area contributed by atoms with Crippen molar-refractivity contribution in [2.24, 2.45) is 0 Å². The average molecular weight is 313 g/mol. The second-order valence-electron chi connectivity index (χ2n) is 5.73. The molecule has 1 aliphatic heterocycles. The predicted molar refractivity (Wildman–Crippen MR) is 89.2 cm³/mol. The molecule has 5 nitrogen and oxygen atoms in total. The molecule has 5 heteroatoms. The van der Waals surface area contributed by atoms with E-state index in [0.29, 0.717) is 0 Å². The molecule has 0 spiro atoms. The first kappa shape index (κ1) is 15.6. The van der Waals surface area contributed by atoms with Crippen molar-refractivity contribution in [2.75, 3.05) is 32.7 Å². The molecule has 1 N–H and O–H groups in total. The standard InChI is InChI=1S/C18H23N3O2/c1-2-20-10-12-21(13-11-20)18(22)19-17(16-9-6-14-23-16)15-7-4-3-5-8-15/h3-9,14,17H,2,10-13H2,1H3,(H,19,22). The number of nitrogens with zero attached hydrogens (tertiary/aromatic N) is 2. The molecule has 0 bridgehead atoms. The van der Waals surface area contributed by atoms with Crippen LogP contribution in [0.25, 0.3) is 0 Å². The van der Waals surface area contributed by atoms with Gasteiger partial charge in [0.05, 0.1) is 6.26 Å². The normalized spacial score (nSPS) is 17.0. The van der Waals surface area contributed by atoms with E-state index in [-0.39, 0.29) is 12.1 Å². The maximum atomic E-state index is 12.6. The van der Waals surface area contributed by atoms with E-state index in [9.17, 15) is 4.79 Å². The Kier molecular flexibility index (Phi) is 4.98. The van der Waals surface area contributed by atoms with E-state index in [0.717, 1.165) is 44.0 Å². The number of amides is 2. The van der Waals surface area contributed by atoms with Crippen LogP contribution in [0.5, 0.6) is 0 Å². The number of hydrogen-bond acceptors (Lipinski definition) is 3. The molecular weight excluding hydrogens is 290 g/mol. The van der Waals surface area contributed by atoms with Gasteiger partial charge in [0.1, 0.15) is 11.8 Å². The number of furan rings is 1. The van der Waals surface area contributed by atoms with Crippen LogP contribution in [-0.2, 0) is 0 Å². The van der Waals surface area contributed by atoms with Gasteiger partial charge in [0.25, 0.3) is 0 Å². The largest absolute Gasteiger partial charge is 0.467 e. The van der Waals surface area contributed by atoms with Crippen LogP contribution in [0.1, 0.15) is 24.3 Å². The summed E-state index contributed by atoms with van der Waals surface area (Å²) in [7, 11) is 0. The lowest BCUT2D eigenvalue weighted by Crippen LogP contribution is -2.52. The molecule has 1 aliphatic rings. The van der Waals surface area contributed by atoms with Gasteiger partial charge in [0.15, 0.2) is 0 Å². The summed E-state index contributed by atoms with van der Waals surface area (Å²) in [6, 6.07) is 13.4. The number of piperazine rings is 1. The number of rotatable bonds is 4. The summed E-state index contributed by atoms with van der Waals surface area (Å²) in [5.74, 6) is 0.747. The number of urea groups is 1. The fraction of sp³-hybridized carbons (Fsp3) is 0.389. The quantitative estimate of drug-likeness (QED) is 0.944. The summed E-state index contributed by atoms with van der Waals surface area (Å²) in [6.45, 7) is 6.58. The van der Waals surface area contributed by atoms with Gasteiger partial charge in [-0.05, 0) is 24.2 Å². The van der Waals surface area contributed by atoms with Crippen LogP contribution in [0.2, 0.25) is 0 Å². The van der Waals surface area contributed by atoms with Crippen LogP contribution < -0.4 is 5.32 Å². The summed E-state index contributed by atoms with van der Waals surface area (Å²) in [5, 5.41) is 3.11. The summed E-state index contributed by atoms with van der Waals surface area (Å²) in [6.07, 6.45) is 1.64. The third kappa shape index (κ3) is 3.74. The van der Waals surface area contributed by atoms with Gasteiger partial charge in [-0.25, -0.2) is 4.79 Å². The Morgan fingerprint density at radius 3 is 2.48 bits per heavy atom. The Morgan fingerprint density at radius 1 is 1.13 bits per heavy atom. The summed E-state index contributed by atoms with van der Waals surface area (Å²) in [4.78, 5) is 16.9. The molecule has 0 aliphatic carbocycles. The van der Waals surface area contributed by atoms with E-state index in [4.69, 9.17) is 4.42 Å². The van der Waals surface area contributed by atoms with E-state index in [1.165, 1.54) is 0 Å². The Bertz CT molecular complexity index is 604. The maximum Gasteiger partial charge on any atom is 0.318 e. The van der Waals surface area contributed by atoms with Gasteiger partial charge in [0, 0.05) is 26.2 Å². The topological polar surface area (TPSA) is 48.7 Å². The second-order valence-corrected chi connectivity index (χ2v) is 5.73.